The first-order chi connectivity index (χ1) is 13.7. The highest BCUT2D eigenvalue weighted by Gasteiger charge is 2.40. The van der Waals surface area contributed by atoms with Gasteiger partial charge in [0.1, 0.15) is 11.9 Å². The highest BCUT2D eigenvalue weighted by molar-refractivity contribution is 7.97. The lowest BCUT2D eigenvalue weighted by Gasteiger charge is -2.31. The molecule has 0 amide bonds. The number of carbonyl (C=O) groups excluding carboxylic acids is 1. The van der Waals surface area contributed by atoms with Gasteiger partial charge in [0.2, 0.25) is 0 Å². The summed E-state index contributed by atoms with van der Waals surface area (Å²) in [6.07, 6.45) is 0.654. The molecule has 4 heteroatoms. The van der Waals surface area contributed by atoms with Crippen LogP contribution in [0.5, 0.6) is 0 Å². The van der Waals surface area contributed by atoms with Gasteiger partial charge in [-0.05, 0) is 29.2 Å². The number of Topliss-reactive ketones (excluding diaryl/α,β-unsaturated/α-hetero) is 1. The second-order valence-corrected chi connectivity index (χ2v) is 10.2. The SMILES string of the molecule is CC[C@@H]1N=C(N)C(=P(c2ccccc2)(c2ccccc2)c2ccccc2)C1=O. The molecule has 0 spiro atoms. The number of amidine groups is 1. The fourth-order valence-electron chi connectivity index (χ4n) is 3.97. The Morgan fingerprint density at radius 2 is 1.18 bits per heavy atom. The summed E-state index contributed by atoms with van der Waals surface area (Å²) in [5, 5.41) is 4.03. The van der Waals surface area contributed by atoms with Crippen molar-refractivity contribution in [2.75, 3.05) is 0 Å². The Hall–Kier alpha value is -2.90. The molecule has 0 unspecified atom stereocenters. The summed E-state index contributed by atoms with van der Waals surface area (Å²) in [7, 11) is 0. The fourth-order valence-corrected chi connectivity index (χ4v) is 8.38. The average molecular weight is 386 g/mol. The molecular weight excluding hydrogens is 363 g/mol. The first-order valence-electron chi connectivity index (χ1n) is 9.51. The standard InChI is InChI=1S/C24H23N2OP/c1-2-21-22(27)23(24(25)26-21)28(18-12-6-3-7-13-18,19-14-8-4-9-15-19)20-16-10-5-11-17-20/h3-17,21H,2H2,1H3,(H2,25,26)/t21-/m0/s1. The van der Waals surface area contributed by atoms with E-state index in [0.29, 0.717) is 17.5 Å². The number of ketones is 1. The van der Waals surface area contributed by atoms with Gasteiger partial charge in [-0.3, -0.25) is 9.79 Å². The van der Waals surface area contributed by atoms with Gasteiger partial charge in [-0.15, -0.1) is 0 Å². The third kappa shape index (κ3) is 2.83. The van der Waals surface area contributed by atoms with Crippen LogP contribution in [0.1, 0.15) is 13.3 Å². The number of nitrogens with zero attached hydrogens (tertiary/aromatic N) is 1. The van der Waals surface area contributed by atoms with Gasteiger partial charge >= 0.3 is 0 Å². The number of hydrogen-bond acceptors (Lipinski definition) is 3. The highest BCUT2D eigenvalue weighted by Crippen LogP contribution is 2.47. The lowest BCUT2D eigenvalue weighted by atomic mass is 10.1. The predicted molar refractivity (Wildman–Crippen MR) is 121 cm³/mol. The zero-order valence-corrected chi connectivity index (χ0v) is 16.7. The molecule has 3 nitrogen and oxygen atoms in total. The number of nitrogens with two attached hydrogens (primary N) is 1. The molecule has 0 saturated heterocycles. The van der Waals surface area contributed by atoms with E-state index in [0.717, 1.165) is 15.9 Å². The molecule has 3 aromatic rings. The molecule has 0 radical (unpaired) electrons. The van der Waals surface area contributed by atoms with Crippen molar-refractivity contribution in [2.45, 2.75) is 19.4 Å². The summed E-state index contributed by atoms with van der Waals surface area (Å²) in [6.45, 7) is -0.470. The Morgan fingerprint density at radius 3 is 1.50 bits per heavy atom. The Kier molecular flexibility index (Phi) is 5.02. The third-order valence-electron chi connectivity index (χ3n) is 5.23. The van der Waals surface area contributed by atoms with Crippen LogP contribution in [0.2, 0.25) is 0 Å². The molecule has 2 N–H and O–H groups in total. The summed E-state index contributed by atoms with van der Waals surface area (Å²) < 4.78 is 0. The minimum Gasteiger partial charge on any atom is -0.383 e. The van der Waals surface area contributed by atoms with E-state index >= 15 is 0 Å². The molecule has 0 saturated carbocycles. The van der Waals surface area contributed by atoms with Crippen LogP contribution in [0.4, 0.5) is 0 Å². The minimum absolute atomic E-state index is 0.0601. The van der Waals surface area contributed by atoms with E-state index in [2.05, 4.69) is 41.4 Å². The number of rotatable bonds is 4. The topological polar surface area (TPSA) is 55.4 Å². The van der Waals surface area contributed by atoms with Crippen molar-refractivity contribution in [3.8, 4) is 0 Å². The maximum absolute atomic E-state index is 13.5. The number of carbonyl (C=O) groups is 1. The van der Waals surface area contributed by atoms with Crippen molar-refractivity contribution in [1.29, 1.82) is 0 Å². The first-order valence-corrected chi connectivity index (χ1v) is 11.3. The normalized spacial score (nSPS) is 16.9. The van der Waals surface area contributed by atoms with Crippen molar-refractivity contribution >= 4 is 39.7 Å². The zero-order chi connectivity index (χ0) is 19.6. The van der Waals surface area contributed by atoms with Crippen molar-refractivity contribution in [1.82, 2.24) is 0 Å². The highest BCUT2D eigenvalue weighted by atomic mass is 31.2. The van der Waals surface area contributed by atoms with Crippen LogP contribution >= 0.6 is 6.89 Å². The van der Waals surface area contributed by atoms with Crippen LogP contribution in [0.25, 0.3) is 0 Å². The maximum Gasteiger partial charge on any atom is 0.192 e. The van der Waals surface area contributed by atoms with Crippen LogP contribution < -0.4 is 21.6 Å². The molecule has 1 heterocycles. The molecule has 4 rings (SSSR count). The number of benzene rings is 3. The molecule has 3 aromatic carbocycles. The molecule has 28 heavy (non-hydrogen) atoms. The molecule has 0 bridgehead atoms. The van der Waals surface area contributed by atoms with Gasteiger partial charge in [-0.2, -0.15) is 0 Å². The van der Waals surface area contributed by atoms with Crippen LogP contribution in [0.3, 0.4) is 0 Å². The quantitative estimate of drug-likeness (QED) is 0.701. The van der Waals surface area contributed by atoms with Crippen molar-refractivity contribution in [2.24, 2.45) is 10.7 Å². The van der Waals surface area contributed by atoms with Crippen LogP contribution in [-0.2, 0) is 4.79 Å². The third-order valence-corrected chi connectivity index (χ3v) is 9.56. The summed E-state index contributed by atoms with van der Waals surface area (Å²) in [5.74, 6) is 0.451. The molecule has 1 atom stereocenters. The minimum atomic E-state index is -2.45. The summed E-state index contributed by atoms with van der Waals surface area (Å²) in [4.78, 5) is 18.1. The first kappa shape index (κ1) is 18.5. The molecule has 1 aliphatic heterocycles. The fraction of sp³-hybridized carbons (Fsp3) is 0.125. The largest absolute Gasteiger partial charge is 0.383 e. The molecule has 0 fully saturated rings. The lowest BCUT2D eigenvalue weighted by molar-refractivity contribution is -0.113. The Labute approximate surface area is 165 Å². The zero-order valence-electron chi connectivity index (χ0n) is 15.8. The van der Waals surface area contributed by atoms with Crippen LogP contribution in [0.15, 0.2) is 96.0 Å². The van der Waals surface area contributed by atoms with Gasteiger partial charge in [0.15, 0.2) is 5.78 Å². The van der Waals surface area contributed by atoms with E-state index in [9.17, 15) is 4.79 Å². The number of aliphatic imine (C=N–C) groups is 1. The van der Waals surface area contributed by atoms with Gasteiger partial charge in [-0.25, -0.2) is 0 Å². The smallest absolute Gasteiger partial charge is 0.192 e. The lowest BCUT2D eigenvalue weighted by Crippen LogP contribution is -2.38. The van der Waals surface area contributed by atoms with Gasteiger partial charge in [-0.1, -0.05) is 97.9 Å². The van der Waals surface area contributed by atoms with Crippen LogP contribution in [-0.4, -0.2) is 23.0 Å². The van der Waals surface area contributed by atoms with Crippen molar-refractivity contribution in [3.05, 3.63) is 91.0 Å². The van der Waals surface area contributed by atoms with Crippen LogP contribution in [0, 0.1) is 0 Å². The average Bonchev–Trinajstić information content (AvgIpc) is 3.05. The summed E-state index contributed by atoms with van der Waals surface area (Å²) >= 11 is 0. The Bertz CT molecular complexity index is 970. The van der Waals surface area contributed by atoms with E-state index in [4.69, 9.17) is 5.73 Å². The van der Waals surface area contributed by atoms with E-state index in [1.165, 1.54) is 0 Å². The second-order valence-electron chi connectivity index (χ2n) is 6.83. The monoisotopic (exact) mass is 386 g/mol. The molecule has 0 aliphatic carbocycles. The maximum atomic E-state index is 13.5. The van der Waals surface area contributed by atoms with E-state index in [1.54, 1.807) is 0 Å². The molecule has 140 valence electrons. The molecule has 0 aromatic heterocycles. The van der Waals surface area contributed by atoms with Gasteiger partial charge in [0.25, 0.3) is 0 Å². The number of hydrogen-bond donors (Lipinski definition) is 1. The van der Waals surface area contributed by atoms with E-state index < -0.39 is 6.89 Å². The Balaban J connectivity index is 2.24. The predicted octanol–water partition coefficient (Wildman–Crippen LogP) is 2.87. The van der Waals surface area contributed by atoms with Gasteiger partial charge < -0.3 is 5.73 Å². The van der Waals surface area contributed by atoms with E-state index in [1.807, 2.05) is 61.5 Å². The molecular formula is C24H23N2OP. The van der Waals surface area contributed by atoms with E-state index in [-0.39, 0.29) is 11.8 Å². The van der Waals surface area contributed by atoms with Gasteiger partial charge in [0.05, 0.1) is 5.29 Å². The van der Waals surface area contributed by atoms with Gasteiger partial charge in [0, 0.05) is 0 Å². The summed E-state index contributed by atoms with van der Waals surface area (Å²) in [5.41, 5.74) is 6.45. The second kappa shape index (κ2) is 7.61. The summed E-state index contributed by atoms with van der Waals surface area (Å²) in [6, 6.07) is 30.5. The molecule has 1 aliphatic rings. The van der Waals surface area contributed by atoms with Crippen molar-refractivity contribution < 1.29 is 4.79 Å². The Morgan fingerprint density at radius 1 is 0.786 bits per heavy atom. The van der Waals surface area contributed by atoms with Crippen molar-refractivity contribution in [3.63, 3.8) is 0 Å².